The van der Waals surface area contributed by atoms with Crippen molar-refractivity contribution in [3.05, 3.63) is 0 Å². The summed E-state index contributed by atoms with van der Waals surface area (Å²) in [7, 11) is -6.60. The Balaban J connectivity index is 2.72. The van der Waals surface area contributed by atoms with Gasteiger partial charge in [0.1, 0.15) is 5.75 Å². The first-order chi connectivity index (χ1) is 6.73. The Morgan fingerprint density at radius 1 is 1.33 bits per heavy atom. The normalized spacial score (nSPS) is 22.4. The summed E-state index contributed by atoms with van der Waals surface area (Å²) in [6, 6.07) is 0. The van der Waals surface area contributed by atoms with E-state index in [-0.39, 0.29) is 29.6 Å². The van der Waals surface area contributed by atoms with E-state index >= 15 is 0 Å². The molecule has 1 aliphatic rings. The molecular weight excluding hydrogens is 260 g/mol. The molecular formula is C6H12N2O4S3. The zero-order chi connectivity index (χ0) is 11.7. The van der Waals surface area contributed by atoms with Gasteiger partial charge in [-0.05, 0) is 0 Å². The molecule has 1 saturated heterocycles. The van der Waals surface area contributed by atoms with Crippen molar-refractivity contribution in [3.63, 3.8) is 0 Å². The first-order valence-electron chi connectivity index (χ1n) is 4.19. The maximum Gasteiger partial charge on any atom is 0.220 e. The second-order valence-electron chi connectivity index (χ2n) is 3.27. The van der Waals surface area contributed by atoms with Gasteiger partial charge >= 0.3 is 0 Å². The first kappa shape index (κ1) is 12.8. The second kappa shape index (κ2) is 4.32. The average molecular weight is 272 g/mol. The molecule has 0 aromatic rings. The molecule has 0 amide bonds. The zero-order valence-electron chi connectivity index (χ0n) is 7.92. The lowest BCUT2D eigenvalue weighted by atomic mass is 10.6. The summed E-state index contributed by atoms with van der Waals surface area (Å²) >= 11 is 4.51. The lowest BCUT2D eigenvalue weighted by Crippen LogP contribution is -2.46. The standard InChI is InChI=1S/C6H12N2O4S3/c7-6(13)5-15(11,12)8-1-3-14(9,10)4-2-8/h1-5H2,(H2,7,13). The fourth-order valence-electron chi connectivity index (χ4n) is 1.24. The van der Waals surface area contributed by atoms with Crippen LogP contribution < -0.4 is 5.73 Å². The smallest absolute Gasteiger partial charge is 0.220 e. The minimum Gasteiger partial charge on any atom is -0.392 e. The number of sulfonamides is 1. The van der Waals surface area contributed by atoms with Crippen LogP contribution in [-0.2, 0) is 19.9 Å². The van der Waals surface area contributed by atoms with Gasteiger partial charge in [-0.25, -0.2) is 16.8 Å². The third kappa shape index (κ3) is 3.67. The summed E-state index contributed by atoms with van der Waals surface area (Å²) in [5, 5.41) is 0. The summed E-state index contributed by atoms with van der Waals surface area (Å²) in [4.78, 5) is -0.108. The van der Waals surface area contributed by atoms with Crippen molar-refractivity contribution in [2.75, 3.05) is 30.3 Å². The van der Waals surface area contributed by atoms with Crippen LogP contribution in [0.25, 0.3) is 0 Å². The van der Waals surface area contributed by atoms with Gasteiger partial charge in [0.05, 0.1) is 16.5 Å². The molecule has 1 heterocycles. The maximum absolute atomic E-state index is 11.6. The molecule has 0 aromatic heterocycles. The predicted molar refractivity (Wildman–Crippen MR) is 60.8 cm³/mol. The molecule has 0 aliphatic carbocycles. The zero-order valence-corrected chi connectivity index (χ0v) is 10.4. The van der Waals surface area contributed by atoms with Crippen LogP contribution >= 0.6 is 12.2 Å². The minimum atomic E-state index is -3.53. The van der Waals surface area contributed by atoms with Gasteiger partial charge in [0.25, 0.3) is 0 Å². The van der Waals surface area contributed by atoms with Crippen molar-refractivity contribution in [2.45, 2.75) is 0 Å². The molecule has 1 aliphatic heterocycles. The summed E-state index contributed by atoms with van der Waals surface area (Å²) in [5.41, 5.74) is 5.15. The number of nitrogens with zero attached hydrogens (tertiary/aromatic N) is 1. The van der Waals surface area contributed by atoms with E-state index in [1.807, 2.05) is 0 Å². The highest BCUT2D eigenvalue weighted by molar-refractivity contribution is 7.93. The van der Waals surface area contributed by atoms with Crippen LogP contribution in [0.3, 0.4) is 0 Å². The molecule has 0 radical (unpaired) electrons. The van der Waals surface area contributed by atoms with Crippen LogP contribution in [0.15, 0.2) is 0 Å². The quantitative estimate of drug-likeness (QED) is 0.617. The molecule has 1 fully saturated rings. The highest BCUT2D eigenvalue weighted by atomic mass is 32.2. The van der Waals surface area contributed by atoms with Crippen LogP contribution in [0.1, 0.15) is 0 Å². The van der Waals surface area contributed by atoms with Crippen LogP contribution in [0.5, 0.6) is 0 Å². The van der Waals surface area contributed by atoms with Crippen molar-refractivity contribution >= 4 is 37.1 Å². The number of thiocarbonyl (C=S) groups is 1. The molecule has 0 atom stereocenters. The molecule has 6 nitrogen and oxygen atoms in total. The summed E-state index contributed by atoms with van der Waals surface area (Å²) in [6.45, 7) is -0.0133. The van der Waals surface area contributed by atoms with Gasteiger partial charge in [-0.1, -0.05) is 12.2 Å². The topological polar surface area (TPSA) is 97.5 Å². The SMILES string of the molecule is NC(=S)CS(=O)(=O)N1CCS(=O)(=O)CC1. The molecule has 1 rings (SSSR count). The van der Waals surface area contributed by atoms with Crippen LogP contribution in [0.2, 0.25) is 0 Å². The number of hydrogen-bond donors (Lipinski definition) is 1. The first-order valence-corrected chi connectivity index (χ1v) is 8.03. The van der Waals surface area contributed by atoms with Crippen molar-refractivity contribution < 1.29 is 16.8 Å². The van der Waals surface area contributed by atoms with E-state index in [0.29, 0.717) is 0 Å². The number of hydrogen-bond acceptors (Lipinski definition) is 5. The molecule has 0 bridgehead atoms. The highest BCUT2D eigenvalue weighted by Crippen LogP contribution is 2.09. The lowest BCUT2D eigenvalue weighted by Gasteiger charge is -2.25. The molecule has 0 aromatic carbocycles. The average Bonchev–Trinajstić information content (AvgIpc) is 2.00. The van der Waals surface area contributed by atoms with Gasteiger partial charge in [-0.3, -0.25) is 0 Å². The Morgan fingerprint density at radius 3 is 2.20 bits per heavy atom. The van der Waals surface area contributed by atoms with E-state index < -0.39 is 25.6 Å². The second-order valence-corrected chi connectivity index (χ2v) is 8.07. The lowest BCUT2D eigenvalue weighted by molar-refractivity contribution is 0.433. The molecule has 9 heteroatoms. The highest BCUT2D eigenvalue weighted by Gasteiger charge is 2.30. The van der Waals surface area contributed by atoms with E-state index in [0.717, 1.165) is 4.31 Å². The number of rotatable bonds is 3. The fourth-order valence-corrected chi connectivity index (χ4v) is 4.41. The van der Waals surface area contributed by atoms with E-state index in [1.54, 1.807) is 0 Å². The number of sulfone groups is 1. The molecule has 0 spiro atoms. The fraction of sp³-hybridized carbons (Fsp3) is 0.833. The Kier molecular flexibility index (Phi) is 3.69. The van der Waals surface area contributed by atoms with Crippen LogP contribution in [-0.4, -0.2) is 56.5 Å². The van der Waals surface area contributed by atoms with Crippen molar-refractivity contribution in [3.8, 4) is 0 Å². The Morgan fingerprint density at radius 2 is 1.80 bits per heavy atom. The third-order valence-electron chi connectivity index (χ3n) is 2.02. The summed E-state index contributed by atoms with van der Waals surface area (Å²) in [5.74, 6) is -0.671. The van der Waals surface area contributed by atoms with E-state index in [4.69, 9.17) is 5.73 Å². The van der Waals surface area contributed by atoms with Crippen LogP contribution in [0.4, 0.5) is 0 Å². The van der Waals surface area contributed by atoms with Gasteiger partial charge < -0.3 is 5.73 Å². The molecule has 0 unspecified atom stereocenters. The van der Waals surface area contributed by atoms with Gasteiger partial charge in [0.2, 0.25) is 10.0 Å². The number of nitrogens with two attached hydrogens (primary N) is 1. The van der Waals surface area contributed by atoms with Gasteiger partial charge in [0, 0.05) is 13.1 Å². The molecule has 0 saturated carbocycles. The largest absolute Gasteiger partial charge is 0.392 e. The van der Waals surface area contributed by atoms with Gasteiger partial charge in [-0.2, -0.15) is 4.31 Å². The van der Waals surface area contributed by atoms with Crippen molar-refractivity contribution in [2.24, 2.45) is 5.73 Å². The van der Waals surface area contributed by atoms with E-state index in [1.165, 1.54) is 0 Å². The van der Waals surface area contributed by atoms with Gasteiger partial charge in [-0.15, -0.1) is 0 Å². The van der Waals surface area contributed by atoms with E-state index in [9.17, 15) is 16.8 Å². The Hall–Kier alpha value is -0.250. The summed E-state index contributed by atoms with van der Waals surface area (Å²) in [6.07, 6.45) is 0. The van der Waals surface area contributed by atoms with Crippen molar-refractivity contribution in [1.82, 2.24) is 4.31 Å². The van der Waals surface area contributed by atoms with E-state index in [2.05, 4.69) is 12.2 Å². The van der Waals surface area contributed by atoms with Crippen LogP contribution in [0, 0.1) is 0 Å². The monoisotopic (exact) mass is 272 g/mol. The maximum atomic E-state index is 11.6. The predicted octanol–water partition coefficient (Wildman–Crippen LogP) is -1.67. The third-order valence-corrected chi connectivity index (χ3v) is 5.79. The Bertz CT molecular complexity index is 439. The Labute approximate surface area is 94.4 Å². The summed E-state index contributed by atoms with van der Waals surface area (Å²) < 4.78 is 46.4. The molecule has 15 heavy (non-hydrogen) atoms. The molecule has 88 valence electrons. The van der Waals surface area contributed by atoms with Gasteiger partial charge in [0.15, 0.2) is 9.84 Å². The van der Waals surface area contributed by atoms with Crippen molar-refractivity contribution in [1.29, 1.82) is 0 Å². The minimum absolute atomic E-state index is 0.00667. The molecule has 2 N–H and O–H groups in total.